The highest BCUT2D eigenvalue weighted by atomic mass is 32.1. The van der Waals surface area contributed by atoms with Crippen LogP contribution < -0.4 is 10.2 Å². The van der Waals surface area contributed by atoms with Gasteiger partial charge in [0.05, 0.1) is 5.00 Å². The predicted octanol–water partition coefficient (Wildman–Crippen LogP) is 4.49. The van der Waals surface area contributed by atoms with E-state index < -0.39 is 12.1 Å². The standard InChI is InChI=1S/C26H31N5O2S/c27-17-30-15-5-9-21(30)26(33)31(23-13-12-22(34-23)18-10-11-18)24(19-6-4-14-28-16-19)25(32)29-20-7-2-1-3-8-20/h4,6,12-14,16,18,20-21,24H,1-3,5,7-11,15H2,(H,29,32)/t21-,24?/m1/s1. The first kappa shape index (κ1) is 22.9. The summed E-state index contributed by atoms with van der Waals surface area (Å²) in [4.78, 5) is 36.6. The molecular weight excluding hydrogens is 446 g/mol. The van der Waals surface area contributed by atoms with Gasteiger partial charge in [0, 0.05) is 35.4 Å². The molecule has 1 unspecified atom stereocenters. The maximum Gasteiger partial charge on any atom is 0.252 e. The number of carbonyl (C=O) groups is 2. The van der Waals surface area contributed by atoms with Gasteiger partial charge in [-0.3, -0.25) is 24.4 Å². The monoisotopic (exact) mass is 477 g/mol. The van der Waals surface area contributed by atoms with E-state index in [0.29, 0.717) is 24.4 Å². The van der Waals surface area contributed by atoms with Crippen LogP contribution in [-0.4, -0.2) is 40.3 Å². The highest BCUT2D eigenvalue weighted by Crippen LogP contribution is 2.46. The summed E-state index contributed by atoms with van der Waals surface area (Å²) in [5.41, 5.74) is 0.687. The third-order valence-electron chi connectivity index (χ3n) is 7.19. The van der Waals surface area contributed by atoms with E-state index in [9.17, 15) is 14.9 Å². The summed E-state index contributed by atoms with van der Waals surface area (Å²) in [6, 6.07) is 6.50. The van der Waals surface area contributed by atoms with Gasteiger partial charge in [-0.2, -0.15) is 5.26 Å². The lowest BCUT2D eigenvalue weighted by atomic mass is 9.94. The van der Waals surface area contributed by atoms with Gasteiger partial charge in [-0.05, 0) is 62.6 Å². The van der Waals surface area contributed by atoms with E-state index in [4.69, 9.17) is 0 Å². The first-order valence-corrected chi connectivity index (χ1v) is 13.3. The van der Waals surface area contributed by atoms with Crippen LogP contribution in [0.3, 0.4) is 0 Å². The molecule has 3 heterocycles. The molecule has 7 nitrogen and oxygen atoms in total. The van der Waals surface area contributed by atoms with E-state index in [1.54, 1.807) is 39.6 Å². The van der Waals surface area contributed by atoms with Crippen molar-refractivity contribution in [3.63, 3.8) is 0 Å². The highest BCUT2D eigenvalue weighted by molar-refractivity contribution is 7.16. The van der Waals surface area contributed by atoms with E-state index in [1.165, 1.54) is 24.1 Å². The molecule has 2 amide bonds. The predicted molar refractivity (Wildman–Crippen MR) is 131 cm³/mol. The van der Waals surface area contributed by atoms with Gasteiger partial charge in [0.2, 0.25) is 5.91 Å². The molecule has 1 aliphatic heterocycles. The number of likely N-dealkylation sites (tertiary alicyclic amines) is 1. The molecule has 2 aliphatic carbocycles. The highest BCUT2D eigenvalue weighted by Gasteiger charge is 2.41. The fourth-order valence-electron chi connectivity index (χ4n) is 5.21. The number of nitriles is 1. The molecule has 34 heavy (non-hydrogen) atoms. The molecule has 8 heteroatoms. The van der Waals surface area contributed by atoms with Crippen LogP contribution in [-0.2, 0) is 9.59 Å². The molecule has 0 spiro atoms. The van der Waals surface area contributed by atoms with Crippen LogP contribution in [0.25, 0.3) is 0 Å². The summed E-state index contributed by atoms with van der Waals surface area (Å²) in [6.45, 7) is 0.574. The Hall–Kier alpha value is -2.92. The molecule has 2 atom stereocenters. The van der Waals surface area contributed by atoms with Crippen molar-refractivity contribution in [2.75, 3.05) is 11.4 Å². The Morgan fingerprint density at radius 2 is 1.94 bits per heavy atom. The minimum Gasteiger partial charge on any atom is -0.351 e. The number of nitrogens with one attached hydrogen (secondary N) is 1. The molecule has 3 fully saturated rings. The number of rotatable bonds is 7. The fraction of sp³-hybridized carbons (Fsp3) is 0.538. The zero-order valence-corrected chi connectivity index (χ0v) is 20.2. The van der Waals surface area contributed by atoms with Gasteiger partial charge in [0.1, 0.15) is 12.1 Å². The number of anilines is 1. The van der Waals surface area contributed by atoms with E-state index in [1.807, 2.05) is 12.1 Å². The topological polar surface area (TPSA) is 89.3 Å². The molecule has 0 bridgehead atoms. The van der Waals surface area contributed by atoms with Gasteiger partial charge in [-0.15, -0.1) is 11.3 Å². The maximum atomic E-state index is 14.1. The zero-order chi connectivity index (χ0) is 23.5. The van der Waals surface area contributed by atoms with Crippen molar-refractivity contribution in [3.05, 3.63) is 47.1 Å². The second-order valence-electron chi connectivity index (χ2n) is 9.64. The zero-order valence-electron chi connectivity index (χ0n) is 19.4. The lowest BCUT2D eigenvalue weighted by molar-refractivity contribution is -0.128. The minimum atomic E-state index is -0.824. The van der Waals surface area contributed by atoms with Crippen LogP contribution in [0, 0.1) is 11.5 Å². The molecule has 1 N–H and O–H groups in total. The molecule has 0 aromatic carbocycles. The number of nitrogens with zero attached hydrogens (tertiary/aromatic N) is 4. The van der Waals surface area contributed by atoms with Crippen molar-refractivity contribution in [1.29, 1.82) is 5.26 Å². The van der Waals surface area contributed by atoms with Gasteiger partial charge in [0.15, 0.2) is 6.19 Å². The summed E-state index contributed by atoms with van der Waals surface area (Å²) in [6.07, 6.45) is 14.7. The van der Waals surface area contributed by atoms with Crippen molar-refractivity contribution < 1.29 is 9.59 Å². The molecule has 1 saturated heterocycles. The molecular formula is C26H31N5O2S. The number of aromatic nitrogens is 1. The van der Waals surface area contributed by atoms with Crippen molar-refractivity contribution >= 4 is 28.2 Å². The summed E-state index contributed by atoms with van der Waals surface area (Å²) in [5, 5.41) is 13.6. The Balaban J connectivity index is 1.53. The van der Waals surface area contributed by atoms with Gasteiger partial charge in [-0.1, -0.05) is 25.3 Å². The smallest absolute Gasteiger partial charge is 0.252 e. The molecule has 3 aliphatic rings. The van der Waals surface area contributed by atoms with E-state index in [-0.39, 0.29) is 17.9 Å². The average Bonchev–Trinajstić information content (AvgIpc) is 3.40. The Labute approximate surface area is 204 Å². The SMILES string of the molecule is N#CN1CCC[C@@H]1C(=O)N(c1ccc(C2CC2)s1)C(C(=O)NC1CCCCC1)c1cccnc1. The second-order valence-corrected chi connectivity index (χ2v) is 10.7. The Morgan fingerprint density at radius 1 is 1.12 bits per heavy atom. The summed E-state index contributed by atoms with van der Waals surface area (Å²) in [7, 11) is 0. The normalized spacial score (nSPS) is 21.6. The first-order chi connectivity index (χ1) is 16.7. The van der Waals surface area contributed by atoms with Gasteiger partial charge in [0.25, 0.3) is 5.91 Å². The summed E-state index contributed by atoms with van der Waals surface area (Å²) in [5.74, 6) is 0.206. The van der Waals surface area contributed by atoms with Crippen LogP contribution in [0.15, 0.2) is 36.7 Å². The minimum absolute atomic E-state index is 0.129. The number of pyridine rings is 1. The van der Waals surface area contributed by atoms with Crippen molar-refractivity contribution in [2.24, 2.45) is 0 Å². The third-order valence-corrected chi connectivity index (χ3v) is 8.44. The molecule has 0 radical (unpaired) electrons. The van der Waals surface area contributed by atoms with Crippen LogP contribution in [0.4, 0.5) is 5.00 Å². The van der Waals surface area contributed by atoms with E-state index in [2.05, 4.69) is 22.6 Å². The summed E-state index contributed by atoms with van der Waals surface area (Å²) < 4.78 is 0. The Bertz CT molecular complexity index is 1050. The molecule has 2 aromatic rings. The van der Waals surface area contributed by atoms with Crippen LogP contribution in [0.1, 0.15) is 80.2 Å². The van der Waals surface area contributed by atoms with E-state index in [0.717, 1.165) is 37.1 Å². The number of hydrogen-bond acceptors (Lipinski definition) is 6. The molecule has 5 rings (SSSR count). The number of carbonyl (C=O) groups excluding carboxylic acids is 2. The third kappa shape index (κ3) is 4.80. The maximum absolute atomic E-state index is 14.1. The average molecular weight is 478 g/mol. The van der Waals surface area contributed by atoms with Gasteiger partial charge in [-0.25, -0.2) is 0 Å². The fourth-order valence-corrected chi connectivity index (χ4v) is 6.42. The lowest BCUT2D eigenvalue weighted by Crippen LogP contribution is -2.51. The van der Waals surface area contributed by atoms with Crippen LogP contribution in [0.5, 0.6) is 0 Å². The lowest BCUT2D eigenvalue weighted by Gasteiger charge is -2.34. The quantitative estimate of drug-likeness (QED) is 0.594. The largest absolute Gasteiger partial charge is 0.351 e. The van der Waals surface area contributed by atoms with Crippen molar-refractivity contribution in [2.45, 2.75) is 81.8 Å². The second kappa shape index (κ2) is 10.1. The Morgan fingerprint density at radius 3 is 2.65 bits per heavy atom. The van der Waals surface area contributed by atoms with Crippen LogP contribution >= 0.6 is 11.3 Å². The summed E-state index contributed by atoms with van der Waals surface area (Å²) >= 11 is 1.60. The van der Waals surface area contributed by atoms with Crippen molar-refractivity contribution in [3.8, 4) is 6.19 Å². The molecule has 2 aromatic heterocycles. The molecule has 178 valence electrons. The van der Waals surface area contributed by atoms with Gasteiger partial charge >= 0.3 is 0 Å². The number of amides is 2. The van der Waals surface area contributed by atoms with Crippen LogP contribution in [0.2, 0.25) is 0 Å². The van der Waals surface area contributed by atoms with E-state index >= 15 is 0 Å². The Kier molecular flexibility index (Phi) is 6.82. The number of hydrogen-bond donors (Lipinski definition) is 1. The van der Waals surface area contributed by atoms with Gasteiger partial charge < -0.3 is 5.32 Å². The number of thiophene rings is 1. The first-order valence-electron chi connectivity index (χ1n) is 12.4. The van der Waals surface area contributed by atoms with Crippen molar-refractivity contribution in [1.82, 2.24) is 15.2 Å². The molecule has 2 saturated carbocycles.